The maximum Gasteiger partial charge on any atom is 0.251 e. The number of nitrogens with one attached hydrogen (secondary N) is 2. The summed E-state index contributed by atoms with van der Waals surface area (Å²) < 4.78 is 23.6. The number of anilines is 1. The van der Waals surface area contributed by atoms with Crippen LogP contribution in [-0.4, -0.2) is 66.3 Å². The van der Waals surface area contributed by atoms with E-state index in [9.17, 15) is 13.2 Å². The number of benzene rings is 2. The average molecular weight is 499 g/mol. The highest BCUT2D eigenvalue weighted by atomic mass is 32.2. The molecule has 5 rings (SSSR count). The van der Waals surface area contributed by atoms with Gasteiger partial charge in [-0.25, -0.2) is 8.42 Å². The van der Waals surface area contributed by atoms with Gasteiger partial charge in [0.15, 0.2) is 15.0 Å². The molecule has 2 saturated heterocycles. The van der Waals surface area contributed by atoms with E-state index >= 15 is 0 Å². The zero-order valence-corrected chi connectivity index (χ0v) is 20.9. The number of thioether (sulfide) groups is 1. The summed E-state index contributed by atoms with van der Waals surface area (Å²) in [7, 11) is -2.97. The third kappa shape index (κ3) is 5.47. The number of fused-ring (bicyclic) bond motifs is 1. The molecular weight excluding hydrogens is 468 g/mol. The Morgan fingerprint density at radius 3 is 2.62 bits per heavy atom. The number of nitrogens with zero attached hydrogens (tertiary/aromatic N) is 2. The topological polar surface area (TPSA) is 90.9 Å². The molecule has 0 unspecified atom stereocenters. The van der Waals surface area contributed by atoms with Gasteiger partial charge >= 0.3 is 0 Å². The van der Waals surface area contributed by atoms with E-state index in [1.165, 1.54) is 17.3 Å². The summed E-state index contributed by atoms with van der Waals surface area (Å²) >= 11 is 1.48. The standard InChI is InChI=1S/C25H30N4O3S2/c1-17-7-8-19(13-21(17)27-25-28-22-15-34(31,32)16-23(22)33-25)24(30)26-20-9-11-29(12-10-20)14-18-5-3-2-4-6-18/h2-8,13,20,22-23H,9-12,14-16H2,1H3,(H,26,30)(H,27,28)/t22-,23-/m0/s1. The van der Waals surface area contributed by atoms with Crippen LogP contribution in [0.5, 0.6) is 0 Å². The van der Waals surface area contributed by atoms with Crippen molar-refractivity contribution in [3.63, 3.8) is 0 Å². The molecule has 2 aromatic carbocycles. The molecule has 1 amide bonds. The first-order valence-corrected chi connectivity index (χ1v) is 14.4. The minimum Gasteiger partial charge on any atom is -0.349 e. The fourth-order valence-electron chi connectivity index (χ4n) is 4.77. The smallest absolute Gasteiger partial charge is 0.251 e. The van der Waals surface area contributed by atoms with E-state index < -0.39 is 9.84 Å². The molecule has 0 saturated carbocycles. The normalized spacial score (nSPS) is 24.4. The lowest BCUT2D eigenvalue weighted by atomic mass is 10.0. The monoisotopic (exact) mass is 498 g/mol. The Morgan fingerprint density at radius 2 is 1.88 bits per heavy atom. The molecule has 2 fully saturated rings. The van der Waals surface area contributed by atoms with Crippen molar-refractivity contribution in [2.45, 2.75) is 43.6 Å². The quantitative estimate of drug-likeness (QED) is 0.659. The lowest BCUT2D eigenvalue weighted by Gasteiger charge is -2.32. The molecule has 3 heterocycles. The molecule has 2 atom stereocenters. The second-order valence-corrected chi connectivity index (χ2v) is 12.8. The van der Waals surface area contributed by atoms with Crippen molar-refractivity contribution in [1.29, 1.82) is 0 Å². The summed E-state index contributed by atoms with van der Waals surface area (Å²) in [4.78, 5) is 20.0. The Balaban J connectivity index is 1.16. The van der Waals surface area contributed by atoms with Crippen molar-refractivity contribution in [2.75, 3.05) is 29.9 Å². The van der Waals surface area contributed by atoms with Crippen molar-refractivity contribution in [1.82, 2.24) is 10.2 Å². The van der Waals surface area contributed by atoms with Crippen LogP contribution in [0.15, 0.2) is 53.5 Å². The number of carbonyl (C=O) groups excluding carboxylic acids is 1. The van der Waals surface area contributed by atoms with E-state index in [4.69, 9.17) is 0 Å². The van der Waals surface area contributed by atoms with Gasteiger partial charge in [0.25, 0.3) is 5.91 Å². The molecule has 0 aromatic heterocycles. The molecule has 0 spiro atoms. The van der Waals surface area contributed by atoms with Crippen molar-refractivity contribution in [3.8, 4) is 0 Å². The zero-order chi connectivity index (χ0) is 23.7. The van der Waals surface area contributed by atoms with E-state index in [-0.39, 0.29) is 34.7 Å². The number of hydrogen-bond donors (Lipinski definition) is 2. The Kier molecular flexibility index (Phi) is 6.68. The molecule has 3 aliphatic heterocycles. The largest absolute Gasteiger partial charge is 0.349 e. The van der Waals surface area contributed by atoms with Crippen LogP contribution in [0.2, 0.25) is 0 Å². The summed E-state index contributed by atoms with van der Waals surface area (Å²) in [5.74, 6) is 0.248. The van der Waals surface area contributed by atoms with Crippen LogP contribution >= 0.6 is 11.8 Å². The van der Waals surface area contributed by atoms with Crippen molar-refractivity contribution in [3.05, 3.63) is 65.2 Å². The maximum absolute atomic E-state index is 13.0. The van der Waals surface area contributed by atoms with Gasteiger partial charge in [-0.15, -0.1) is 0 Å². The first-order chi connectivity index (χ1) is 16.3. The number of hydrogen-bond acceptors (Lipinski definition) is 7. The van der Waals surface area contributed by atoms with Crippen LogP contribution in [0.4, 0.5) is 5.69 Å². The van der Waals surface area contributed by atoms with Crippen LogP contribution in [0.25, 0.3) is 0 Å². The fourth-order valence-corrected chi connectivity index (χ4v) is 8.44. The van der Waals surface area contributed by atoms with E-state index in [1.807, 2.05) is 31.2 Å². The summed E-state index contributed by atoms with van der Waals surface area (Å²) in [6.07, 6.45) is 1.88. The molecule has 9 heteroatoms. The summed E-state index contributed by atoms with van der Waals surface area (Å²) in [6, 6.07) is 16.1. The zero-order valence-electron chi connectivity index (χ0n) is 19.2. The highest BCUT2D eigenvalue weighted by Gasteiger charge is 2.42. The highest BCUT2D eigenvalue weighted by Crippen LogP contribution is 2.35. The molecule has 3 aliphatic rings. The minimum atomic E-state index is -2.97. The number of likely N-dealkylation sites (tertiary alicyclic amines) is 1. The lowest BCUT2D eigenvalue weighted by molar-refractivity contribution is 0.0909. The summed E-state index contributed by atoms with van der Waals surface area (Å²) in [6.45, 7) is 4.87. The van der Waals surface area contributed by atoms with E-state index in [2.05, 4.69) is 44.8 Å². The van der Waals surface area contributed by atoms with Crippen LogP contribution in [0.3, 0.4) is 0 Å². The number of amidine groups is 1. The molecule has 7 nitrogen and oxygen atoms in total. The Morgan fingerprint density at radius 1 is 1.12 bits per heavy atom. The number of piperidine rings is 1. The Labute approximate surface area is 205 Å². The Hall–Kier alpha value is -2.36. The fraction of sp³-hybridized carbons (Fsp3) is 0.440. The van der Waals surface area contributed by atoms with Crippen LogP contribution in [0.1, 0.15) is 34.3 Å². The molecule has 0 radical (unpaired) electrons. The molecule has 0 bridgehead atoms. The van der Waals surface area contributed by atoms with E-state index in [0.717, 1.165) is 48.9 Å². The predicted octanol–water partition coefficient (Wildman–Crippen LogP) is 3.07. The Bertz CT molecular complexity index is 1190. The third-order valence-electron chi connectivity index (χ3n) is 6.73. The van der Waals surface area contributed by atoms with Crippen molar-refractivity contribution in [2.24, 2.45) is 4.99 Å². The van der Waals surface area contributed by atoms with E-state index in [1.54, 1.807) is 0 Å². The van der Waals surface area contributed by atoms with Gasteiger partial charge in [-0.1, -0.05) is 48.2 Å². The molecular formula is C25H30N4O3S2. The van der Waals surface area contributed by atoms with Gasteiger partial charge in [-0.3, -0.25) is 14.7 Å². The molecule has 2 N–H and O–H groups in total. The number of rotatable bonds is 5. The second-order valence-electron chi connectivity index (χ2n) is 9.40. The third-order valence-corrected chi connectivity index (χ3v) is 9.87. The number of aryl methyl sites for hydroxylation is 1. The van der Waals surface area contributed by atoms with Gasteiger partial charge < -0.3 is 10.6 Å². The highest BCUT2D eigenvalue weighted by molar-refractivity contribution is 8.15. The van der Waals surface area contributed by atoms with Crippen LogP contribution in [-0.2, 0) is 16.4 Å². The lowest BCUT2D eigenvalue weighted by Crippen LogP contribution is -2.44. The van der Waals surface area contributed by atoms with Gasteiger partial charge in [-0.05, 0) is 43.0 Å². The average Bonchev–Trinajstić information content (AvgIpc) is 3.29. The number of carbonyl (C=O) groups is 1. The van der Waals surface area contributed by atoms with Crippen LogP contribution < -0.4 is 10.6 Å². The number of amides is 1. The predicted molar refractivity (Wildman–Crippen MR) is 138 cm³/mol. The minimum absolute atomic E-state index is 0.00737. The van der Waals surface area contributed by atoms with Gasteiger partial charge in [0.05, 0.1) is 17.5 Å². The molecule has 180 valence electrons. The van der Waals surface area contributed by atoms with Crippen molar-refractivity contribution < 1.29 is 13.2 Å². The van der Waals surface area contributed by atoms with Gasteiger partial charge in [0, 0.05) is 42.2 Å². The SMILES string of the molecule is Cc1ccc(C(=O)NC2CCN(Cc3ccccc3)CC2)cc1NC1=N[C@H]2CS(=O)(=O)C[C@@H]2S1. The number of sulfone groups is 1. The van der Waals surface area contributed by atoms with E-state index in [0.29, 0.717) is 5.56 Å². The maximum atomic E-state index is 13.0. The first kappa shape index (κ1) is 23.4. The summed E-state index contributed by atoms with van der Waals surface area (Å²) in [5.41, 5.74) is 3.78. The summed E-state index contributed by atoms with van der Waals surface area (Å²) in [5, 5.41) is 7.26. The van der Waals surface area contributed by atoms with Gasteiger partial charge in [0.1, 0.15) is 0 Å². The number of aliphatic imine (C=N–C) groups is 1. The molecule has 34 heavy (non-hydrogen) atoms. The molecule has 2 aromatic rings. The molecule has 0 aliphatic carbocycles. The van der Waals surface area contributed by atoms with Crippen LogP contribution in [0, 0.1) is 6.92 Å². The van der Waals surface area contributed by atoms with Crippen molar-refractivity contribution >= 4 is 38.4 Å². The first-order valence-electron chi connectivity index (χ1n) is 11.7. The van der Waals surface area contributed by atoms with Gasteiger partial charge in [0.2, 0.25) is 0 Å². The second kappa shape index (κ2) is 9.71. The van der Waals surface area contributed by atoms with Gasteiger partial charge in [-0.2, -0.15) is 0 Å².